The van der Waals surface area contributed by atoms with E-state index in [4.69, 9.17) is 5.73 Å². The topological polar surface area (TPSA) is 59.1 Å². The van der Waals surface area contributed by atoms with Gasteiger partial charge in [-0.05, 0) is 18.1 Å². The van der Waals surface area contributed by atoms with Crippen LogP contribution in [-0.2, 0) is 0 Å². The molecule has 0 aliphatic rings. The summed E-state index contributed by atoms with van der Waals surface area (Å²) in [5.74, 6) is 0.141. The van der Waals surface area contributed by atoms with Crippen molar-refractivity contribution in [2.45, 2.75) is 25.9 Å². The van der Waals surface area contributed by atoms with Gasteiger partial charge in [0.15, 0.2) is 0 Å². The minimum absolute atomic E-state index is 0.0591. The van der Waals surface area contributed by atoms with Gasteiger partial charge in [-0.2, -0.15) is 0 Å². The molecule has 14 heavy (non-hydrogen) atoms. The lowest BCUT2D eigenvalue weighted by Crippen LogP contribution is -2.30. The van der Waals surface area contributed by atoms with E-state index >= 15 is 0 Å². The fourth-order valence-corrected chi connectivity index (χ4v) is 1.50. The third-order valence-electron chi connectivity index (χ3n) is 2.42. The summed E-state index contributed by atoms with van der Waals surface area (Å²) in [7, 11) is 0. The maximum atomic E-state index is 9.92. The molecule has 0 fully saturated rings. The Bertz CT molecular complexity index is 261. The smallest absolute Gasteiger partial charge is 0.0658 e. The number of hydrogen-bond donors (Lipinski definition) is 2. The van der Waals surface area contributed by atoms with Gasteiger partial charge in [-0.25, -0.2) is 0 Å². The van der Waals surface area contributed by atoms with Crippen molar-refractivity contribution in [2.24, 2.45) is 11.7 Å². The summed E-state index contributed by atoms with van der Waals surface area (Å²) in [6, 6.07) is 5.68. The number of nitrogens with zero attached hydrogens (tertiary/aromatic N) is 1. The fourth-order valence-electron chi connectivity index (χ4n) is 1.50. The number of nitrogens with two attached hydrogens (primary N) is 1. The Morgan fingerprint density at radius 1 is 1.43 bits per heavy atom. The molecule has 0 spiro atoms. The summed E-state index contributed by atoms with van der Waals surface area (Å²) in [6.45, 7) is 4.39. The summed E-state index contributed by atoms with van der Waals surface area (Å²) >= 11 is 0. The second-order valence-electron chi connectivity index (χ2n) is 3.83. The van der Waals surface area contributed by atoms with Crippen molar-refractivity contribution in [3.63, 3.8) is 0 Å². The zero-order chi connectivity index (χ0) is 10.6. The number of aliphatic hydroxyl groups excluding tert-OH is 1. The van der Waals surface area contributed by atoms with Gasteiger partial charge in [0.2, 0.25) is 0 Å². The van der Waals surface area contributed by atoms with Gasteiger partial charge in [0, 0.05) is 24.4 Å². The standard InChI is InChI=1S/C11H18N2O/c1-8(2)11(14)9(7-12)10-5-3-4-6-13-10/h3-6,8-9,11,14H,7,12H2,1-2H3. The van der Waals surface area contributed by atoms with Crippen molar-refractivity contribution in [1.29, 1.82) is 0 Å². The molecule has 2 atom stereocenters. The van der Waals surface area contributed by atoms with Crippen LogP contribution in [0.25, 0.3) is 0 Å². The molecule has 1 aromatic heterocycles. The average Bonchev–Trinajstić information content (AvgIpc) is 2.20. The molecule has 0 bridgehead atoms. The minimum Gasteiger partial charge on any atom is -0.392 e. The first-order valence-corrected chi connectivity index (χ1v) is 4.96. The van der Waals surface area contributed by atoms with Gasteiger partial charge < -0.3 is 10.8 Å². The molecule has 1 aromatic rings. The lowest BCUT2D eigenvalue weighted by Gasteiger charge is -2.23. The SMILES string of the molecule is CC(C)C(O)C(CN)c1ccccn1. The van der Waals surface area contributed by atoms with Crippen molar-refractivity contribution < 1.29 is 5.11 Å². The van der Waals surface area contributed by atoms with E-state index in [1.165, 1.54) is 0 Å². The van der Waals surface area contributed by atoms with Crippen LogP contribution in [-0.4, -0.2) is 22.7 Å². The van der Waals surface area contributed by atoms with Crippen LogP contribution in [0.1, 0.15) is 25.5 Å². The van der Waals surface area contributed by atoms with E-state index in [9.17, 15) is 5.11 Å². The molecular weight excluding hydrogens is 176 g/mol. The summed E-state index contributed by atoms with van der Waals surface area (Å²) in [5.41, 5.74) is 6.51. The predicted molar refractivity (Wildman–Crippen MR) is 56.9 cm³/mol. The lowest BCUT2D eigenvalue weighted by atomic mass is 9.90. The molecule has 0 saturated carbocycles. The summed E-state index contributed by atoms with van der Waals surface area (Å²) in [6.07, 6.45) is 1.31. The Morgan fingerprint density at radius 2 is 2.14 bits per heavy atom. The van der Waals surface area contributed by atoms with Gasteiger partial charge in [0.1, 0.15) is 0 Å². The van der Waals surface area contributed by atoms with Crippen molar-refractivity contribution in [3.05, 3.63) is 30.1 Å². The average molecular weight is 194 g/mol. The van der Waals surface area contributed by atoms with E-state index in [0.717, 1.165) is 5.69 Å². The molecule has 3 nitrogen and oxygen atoms in total. The van der Waals surface area contributed by atoms with Gasteiger partial charge in [0.05, 0.1) is 6.10 Å². The molecule has 78 valence electrons. The number of aliphatic hydroxyl groups is 1. The van der Waals surface area contributed by atoms with Crippen molar-refractivity contribution in [1.82, 2.24) is 4.98 Å². The van der Waals surface area contributed by atoms with E-state index < -0.39 is 6.10 Å². The zero-order valence-corrected chi connectivity index (χ0v) is 8.72. The number of pyridine rings is 1. The summed E-state index contributed by atoms with van der Waals surface area (Å²) in [4.78, 5) is 4.21. The molecule has 0 aromatic carbocycles. The van der Waals surface area contributed by atoms with Gasteiger partial charge in [-0.1, -0.05) is 19.9 Å². The molecule has 2 unspecified atom stereocenters. The Balaban J connectivity index is 2.82. The van der Waals surface area contributed by atoms with Gasteiger partial charge >= 0.3 is 0 Å². The normalized spacial score (nSPS) is 15.5. The monoisotopic (exact) mass is 194 g/mol. The first-order chi connectivity index (χ1) is 6.66. The lowest BCUT2D eigenvalue weighted by molar-refractivity contribution is 0.0971. The van der Waals surface area contributed by atoms with E-state index in [0.29, 0.717) is 6.54 Å². The molecule has 3 heteroatoms. The molecule has 3 N–H and O–H groups in total. The fraction of sp³-hybridized carbons (Fsp3) is 0.545. The Kier molecular flexibility index (Phi) is 4.04. The van der Waals surface area contributed by atoms with Crippen molar-refractivity contribution >= 4 is 0 Å². The first-order valence-electron chi connectivity index (χ1n) is 4.96. The second-order valence-corrected chi connectivity index (χ2v) is 3.83. The second kappa shape index (κ2) is 5.08. The van der Waals surface area contributed by atoms with Crippen LogP contribution >= 0.6 is 0 Å². The third kappa shape index (κ3) is 2.53. The third-order valence-corrected chi connectivity index (χ3v) is 2.42. The van der Waals surface area contributed by atoms with Gasteiger partial charge in [-0.15, -0.1) is 0 Å². The van der Waals surface area contributed by atoms with Crippen molar-refractivity contribution in [3.8, 4) is 0 Å². The van der Waals surface area contributed by atoms with Crippen LogP contribution in [0.5, 0.6) is 0 Å². The first kappa shape index (κ1) is 11.1. The Morgan fingerprint density at radius 3 is 2.57 bits per heavy atom. The van der Waals surface area contributed by atoms with E-state index in [-0.39, 0.29) is 11.8 Å². The molecule has 0 saturated heterocycles. The Hall–Kier alpha value is -0.930. The molecule has 1 heterocycles. The van der Waals surface area contributed by atoms with Crippen LogP contribution in [0, 0.1) is 5.92 Å². The zero-order valence-electron chi connectivity index (χ0n) is 8.72. The highest BCUT2D eigenvalue weighted by atomic mass is 16.3. The largest absolute Gasteiger partial charge is 0.392 e. The van der Waals surface area contributed by atoms with E-state index in [1.54, 1.807) is 6.20 Å². The summed E-state index contributed by atoms with van der Waals surface area (Å²) in [5, 5.41) is 9.92. The molecule has 0 aliphatic heterocycles. The molecule has 0 aliphatic carbocycles. The highest BCUT2D eigenvalue weighted by Crippen LogP contribution is 2.21. The predicted octanol–water partition coefficient (Wildman–Crippen LogP) is 1.14. The highest BCUT2D eigenvalue weighted by Gasteiger charge is 2.23. The van der Waals surface area contributed by atoms with Crippen LogP contribution in [0.4, 0.5) is 0 Å². The maximum Gasteiger partial charge on any atom is 0.0658 e. The Labute approximate surface area is 85.0 Å². The van der Waals surface area contributed by atoms with Gasteiger partial charge in [-0.3, -0.25) is 4.98 Å². The van der Waals surface area contributed by atoms with Gasteiger partial charge in [0.25, 0.3) is 0 Å². The van der Waals surface area contributed by atoms with Crippen LogP contribution < -0.4 is 5.73 Å². The number of aromatic nitrogens is 1. The number of rotatable bonds is 4. The summed E-state index contributed by atoms with van der Waals surface area (Å²) < 4.78 is 0. The van der Waals surface area contributed by atoms with Crippen molar-refractivity contribution in [2.75, 3.05) is 6.54 Å². The number of hydrogen-bond acceptors (Lipinski definition) is 3. The van der Waals surface area contributed by atoms with E-state index in [2.05, 4.69) is 4.98 Å². The molecular formula is C11H18N2O. The molecule has 0 amide bonds. The quantitative estimate of drug-likeness (QED) is 0.755. The highest BCUT2D eigenvalue weighted by molar-refractivity contribution is 5.12. The minimum atomic E-state index is -0.421. The van der Waals surface area contributed by atoms with E-state index in [1.807, 2.05) is 32.0 Å². The van der Waals surface area contributed by atoms with Crippen LogP contribution in [0.15, 0.2) is 24.4 Å². The molecule has 0 radical (unpaired) electrons. The maximum absolute atomic E-state index is 9.92. The van der Waals surface area contributed by atoms with Crippen LogP contribution in [0.3, 0.4) is 0 Å². The molecule has 1 rings (SSSR count). The van der Waals surface area contributed by atoms with Crippen LogP contribution in [0.2, 0.25) is 0 Å².